The van der Waals surface area contributed by atoms with E-state index in [1.807, 2.05) is 24.4 Å². The van der Waals surface area contributed by atoms with Crippen molar-refractivity contribution in [2.45, 2.75) is 0 Å². The van der Waals surface area contributed by atoms with Crippen LogP contribution in [0.3, 0.4) is 0 Å². The van der Waals surface area contributed by atoms with Gasteiger partial charge in [0.05, 0.1) is 11.1 Å². The van der Waals surface area contributed by atoms with Crippen molar-refractivity contribution in [2.75, 3.05) is 0 Å². The highest BCUT2D eigenvalue weighted by molar-refractivity contribution is 5.85. The van der Waals surface area contributed by atoms with Crippen LogP contribution in [-0.2, 0) is 0 Å². The average Bonchev–Trinajstić information content (AvgIpc) is 2.97. The third-order valence-electron chi connectivity index (χ3n) is 3.94. The van der Waals surface area contributed by atoms with Crippen molar-refractivity contribution < 1.29 is 14.6 Å². The first kappa shape index (κ1) is 14.3. The van der Waals surface area contributed by atoms with E-state index in [9.17, 15) is 14.6 Å². The molecule has 0 bridgehead atoms. The first-order valence-electron chi connectivity index (χ1n) is 7.40. The van der Waals surface area contributed by atoms with Crippen molar-refractivity contribution in [1.82, 2.24) is 9.38 Å². The Morgan fingerprint density at radius 2 is 1.58 bits per heavy atom. The van der Waals surface area contributed by atoms with Crippen LogP contribution in [0.5, 0.6) is 11.5 Å². The minimum absolute atomic E-state index is 0.100. The van der Waals surface area contributed by atoms with Gasteiger partial charge in [-0.2, -0.15) is 0 Å². The zero-order chi connectivity index (χ0) is 16.7. The second-order valence-electron chi connectivity index (χ2n) is 5.39. The lowest BCUT2D eigenvalue weighted by Gasteiger charge is -2.03. The van der Waals surface area contributed by atoms with E-state index in [0.29, 0.717) is 28.2 Å². The lowest BCUT2D eigenvalue weighted by molar-refractivity contribution is 0.434. The summed E-state index contributed by atoms with van der Waals surface area (Å²) in [6.07, 6.45) is 1.81. The number of halogens is 1. The van der Waals surface area contributed by atoms with E-state index in [1.54, 1.807) is 34.7 Å². The maximum Gasteiger partial charge on any atom is 0.165 e. The second-order valence-corrected chi connectivity index (χ2v) is 5.39. The van der Waals surface area contributed by atoms with Crippen molar-refractivity contribution in [3.63, 3.8) is 0 Å². The van der Waals surface area contributed by atoms with Crippen LogP contribution in [0.2, 0.25) is 0 Å². The minimum atomic E-state index is -0.700. The number of hydrogen-bond acceptors (Lipinski definition) is 3. The van der Waals surface area contributed by atoms with Crippen LogP contribution >= 0.6 is 0 Å². The van der Waals surface area contributed by atoms with E-state index in [-0.39, 0.29) is 5.75 Å². The number of hydrogen-bond donors (Lipinski definition) is 2. The number of phenolic OH excluding ortho intramolecular Hbond substituents is 2. The van der Waals surface area contributed by atoms with Crippen LogP contribution in [-0.4, -0.2) is 19.6 Å². The number of aromatic nitrogens is 2. The van der Waals surface area contributed by atoms with Gasteiger partial charge in [-0.3, -0.25) is 4.40 Å². The largest absolute Gasteiger partial charge is 0.507 e. The normalized spacial score (nSPS) is 11.0. The highest BCUT2D eigenvalue weighted by atomic mass is 19.1. The van der Waals surface area contributed by atoms with Gasteiger partial charge >= 0.3 is 0 Å². The molecule has 0 aliphatic rings. The third-order valence-corrected chi connectivity index (χ3v) is 3.94. The minimum Gasteiger partial charge on any atom is -0.507 e. The summed E-state index contributed by atoms with van der Waals surface area (Å²) in [5, 5.41) is 20.2. The molecule has 0 amide bonds. The predicted molar refractivity (Wildman–Crippen MR) is 89.4 cm³/mol. The molecule has 4 nitrogen and oxygen atoms in total. The molecule has 5 heteroatoms. The van der Waals surface area contributed by atoms with Gasteiger partial charge in [0.15, 0.2) is 11.6 Å². The molecule has 4 rings (SSSR count). The molecule has 0 saturated carbocycles. The zero-order valence-electron chi connectivity index (χ0n) is 12.5. The molecule has 0 atom stereocenters. The molecule has 2 N–H and O–H groups in total. The molecule has 0 unspecified atom stereocenters. The number of benzene rings is 2. The standard InChI is InChI=1S/C19H13FN2O2/c20-14-8-5-7-13(18(14)24)17-15-9-3-4-11-22(15)19(21-17)12-6-1-2-10-16(12)23/h1-11,23-24H. The Hall–Kier alpha value is -3.34. The second kappa shape index (κ2) is 5.38. The van der Waals surface area contributed by atoms with Crippen LogP contribution in [0.15, 0.2) is 66.9 Å². The molecular weight excluding hydrogens is 307 g/mol. The van der Waals surface area contributed by atoms with Gasteiger partial charge in [-0.05, 0) is 36.4 Å². The fourth-order valence-corrected chi connectivity index (χ4v) is 2.80. The van der Waals surface area contributed by atoms with Crippen molar-refractivity contribution in [1.29, 1.82) is 0 Å². The molecule has 0 spiro atoms. The van der Waals surface area contributed by atoms with E-state index in [0.717, 1.165) is 0 Å². The summed E-state index contributed by atoms with van der Waals surface area (Å²) in [6.45, 7) is 0. The molecule has 0 aliphatic carbocycles. The number of imidazole rings is 1. The van der Waals surface area contributed by atoms with E-state index in [2.05, 4.69) is 4.98 Å². The van der Waals surface area contributed by atoms with Crippen molar-refractivity contribution in [3.05, 3.63) is 72.7 Å². The molecule has 118 valence electrons. The first-order chi connectivity index (χ1) is 11.7. The summed E-state index contributed by atoms with van der Waals surface area (Å²) >= 11 is 0. The third kappa shape index (κ3) is 2.10. The van der Waals surface area contributed by atoms with Gasteiger partial charge in [0.25, 0.3) is 0 Å². The van der Waals surface area contributed by atoms with Gasteiger partial charge in [-0.1, -0.05) is 24.3 Å². The SMILES string of the molecule is Oc1ccccc1-c1nc(-c2cccc(F)c2O)c2ccccn12. The van der Waals surface area contributed by atoms with Gasteiger partial charge in [0, 0.05) is 11.8 Å². The smallest absolute Gasteiger partial charge is 0.165 e. The molecule has 4 aromatic rings. The molecule has 0 radical (unpaired) electrons. The number of para-hydroxylation sites is 2. The molecule has 2 aromatic carbocycles. The van der Waals surface area contributed by atoms with Gasteiger partial charge in [-0.15, -0.1) is 0 Å². The molecule has 2 heterocycles. The quantitative estimate of drug-likeness (QED) is 0.581. The Balaban J connectivity index is 2.06. The number of pyridine rings is 1. The number of rotatable bonds is 2. The van der Waals surface area contributed by atoms with Crippen LogP contribution in [0, 0.1) is 5.82 Å². The topological polar surface area (TPSA) is 57.8 Å². The van der Waals surface area contributed by atoms with Gasteiger partial charge in [0.1, 0.15) is 17.3 Å². The zero-order valence-corrected chi connectivity index (χ0v) is 12.5. The lowest BCUT2D eigenvalue weighted by atomic mass is 10.1. The Labute approximate surface area is 137 Å². The van der Waals surface area contributed by atoms with Crippen LogP contribution in [0.25, 0.3) is 28.2 Å². The number of fused-ring (bicyclic) bond motifs is 1. The lowest BCUT2D eigenvalue weighted by Crippen LogP contribution is -1.88. The van der Waals surface area contributed by atoms with Crippen LogP contribution in [0.1, 0.15) is 0 Å². The first-order valence-corrected chi connectivity index (χ1v) is 7.40. The van der Waals surface area contributed by atoms with E-state index in [1.165, 1.54) is 12.1 Å². The summed E-state index contributed by atoms with van der Waals surface area (Å²) < 4.78 is 15.5. The van der Waals surface area contributed by atoms with Gasteiger partial charge in [0.2, 0.25) is 0 Å². The monoisotopic (exact) mass is 320 g/mol. The Morgan fingerprint density at radius 3 is 2.42 bits per heavy atom. The summed E-state index contributed by atoms with van der Waals surface area (Å²) in [7, 11) is 0. The summed E-state index contributed by atoms with van der Waals surface area (Å²) in [5.74, 6) is -0.524. The fraction of sp³-hybridized carbons (Fsp3) is 0. The van der Waals surface area contributed by atoms with Gasteiger partial charge < -0.3 is 10.2 Å². The van der Waals surface area contributed by atoms with E-state index in [4.69, 9.17) is 0 Å². The van der Waals surface area contributed by atoms with E-state index >= 15 is 0 Å². The maximum absolute atomic E-state index is 13.7. The molecule has 24 heavy (non-hydrogen) atoms. The molecule has 2 aromatic heterocycles. The van der Waals surface area contributed by atoms with E-state index < -0.39 is 11.6 Å². The molecule has 0 aliphatic heterocycles. The maximum atomic E-state index is 13.7. The Kier molecular flexibility index (Phi) is 3.20. The highest BCUT2D eigenvalue weighted by Crippen LogP contribution is 2.37. The summed E-state index contributed by atoms with van der Waals surface area (Å²) in [4.78, 5) is 4.57. The fourth-order valence-electron chi connectivity index (χ4n) is 2.80. The Bertz CT molecular complexity index is 1060. The Morgan fingerprint density at radius 1 is 0.833 bits per heavy atom. The predicted octanol–water partition coefficient (Wildman–Crippen LogP) is 4.22. The van der Waals surface area contributed by atoms with Crippen LogP contribution in [0.4, 0.5) is 4.39 Å². The highest BCUT2D eigenvalue weighted by Gasteiger charge is 2.19. The summed E-state index contributed by atoms with van der Waals surface area (Å²) in [6, 6.07) is 16.7. The van der Waals surface area contributed by atoms with Crippen LogP contribution < -0.4 is 0 Å². The summed E-state index contributed by atoms with van der Waals surface area (Å²) in [5.41, 5.74) is 2.02. The average molecular weight is 320 g/mol. The number of aromatic hydroxyl groups is 2. The van der Waals surface area contributed by atoms with Crippen molar-refractivity contribution in [3.8, 4) is 34.1 Å². The molecule has 0 fully saturated rings. The molecule has 0 saturated heterocycles. The van der Waals surface area contributed by atoms with Crippen molar-refractivity contribution >= 4 is 5.52 Å². The van der Waals surface area contributed by atoms with Gasteiger partial charge in [-0.25, -0.2) is 9.37 Å². The van der Waals surface area contributed by atoms with Crippen molar-refractivity contribution in [2.24, 2.45) is 0 Å². The number of phenols is 2. The molecular formula is C19H13FN2O2. The number of nitrogens with zero attached hydrogens (tertiary/aromatic N) is 2.